The van der Waals surface area contributed by atoms with Gasteiger partial charge in [0.1, 0.15) is 0 Å². The fraction of sp³-hybridized carbons (Fsp3) is 1.00. The van der Waals surface area contributed by atoms with Gasteiger partial charge in [-0.15, -0.1) is 0 Å². The van der Waals surface area contributed by atoms with Crippen LogP contribution in [0.3, 0.4) is 0 Å². The Balaban J connectivity index is 1.78. The number of hydrogen-bond donors (Lipinski definition) is 0. The summed E-state index contributed by atoms with van der Waals surface area (Å²) >= 11 is 3.64. The lowest BCUT2D eigenvalue weighted by molar-refractivity contribution is 0.117. The lowest BCUT2D eigenvalue weighted by Crippen LogP contribution is -2.28. The van der Waals surface area contributed by atoms with E-state index in [9.17, 15) is 0 Å². The molecule has 16 heavy (non-hydrogen) atoms. The van der Waals surface area contributed by atoms with E-state index in [1.54, 1.807) is 0 Å². The summed E-state index contributed by atoms with van der Waals surface area (Å²) in [5.74, 6) is 3.13. The van der Waals surface area contributed by atoms with Crippen molar-refractivity contribution in [2.75, 3.05) is 5.33 Å². The van der Waals surface area contributed by atoms with Crippen LogP contribution in [0.15, 0.2) is 0 Å². The van der Waals surface area contributed by atoms with Crippen LogP contribution >= 0.6 is 15.9 Å². The van der Waals surface area contributed by atoms with Crippen molar-refractivity contribution in [1.82, 2.24) is 0 Å². The molecule has 1 heteroatoms. The van der Waals surface area contributed by atoms with Crippen LogP contribution in [0.2, 0.25) is 0 Å². The topological polar surface area (TPSA) is 0 Å². The van der Waals surface area contributed by atoms with Crippen molar-refractivity contribution in [2.24, 2.45) is 23.2 Å². The van der Waals surface area contributed by atoms with Gasteiger partial charge in [-0.25, -0.2) is 0 Å². The summed E-state index contributed by atoms with van der Waals surface area (Å²) in [6, 6.07) is 0. The maximum absolute atomic E-state index is 3.64. The first-order valence-electron chi connectivity index (χ1n) is 7.17. The molecule has 0 aromatic rings. The molecule has 2 saturated carbocycles. The quantitative estimate of drug-likeness (QED) is 0.596. The van der Waals surface area contributed by atoms with E-state index < -0.39 is 0 Å². The summed E-state index contributed by atoms with van der Waals surface area (Å²) in [5, 5.41) is 1.23. The van der Waals surface area contributed by atoms with E-state index in [1.807, 2.05) is 0 Å². The molecule has 0 saturated heterocycles. The third kappa shape index (κ3) is 3.24. The minimum atomic E-state index is 0.642. The lowest BCUT2D eigenvalue weighted by Gasteiger charge is -2.40. The second-order valence-corrected chi connectivity index (χ2v) is 7.58. The molecule has 0 N–H and O–H groups in total. The van der Waals surface area contributed by atoms with Crippen molar-refractivity contribution in [3.8, 4) is 0 Å². The molecule has 0 aliphatic heterocycles. The highest BCUT2D eigenvalue weighted by molar-refractivity contribution is 9.09. The SMILES string of the molecule is CC1(C)CCC(C2CCC(CBr)CC2)CC1. The van der Waals surface area contributed by atoms with Crippen LogP contribution in [-0.2, 0) is 0 Å². The molecule has 0 bridgehead atoms. The minimum absolute atomic E-state index is 0.642. The van der Waals surface area contributed by atoms with Crippen molar-refractivity contribution in [3.05, 3.63) is 0 Å². The van der Waals surface area contributed by atoms with E-state index in [1.165, 1.54) is 56.7 Å². The average Bonchev–Trinajstić information content (AvgIpc) is 2.29. The molecule has 0 aromatic heterocycles. The Morgan fingerprint density at radius 2 is 1.38 bits per heavy atom. The van der Waals surface area contributed by atoms with E-state index in [-0.39, 0.29) is 0 Å². The van der Waals surface area contributed by atoms with Gasteiger partial charge in [0, 0.05) is 5.33 Å². The van der Waals surface area contributed by atoms with Crippen LogP contribution in [-0.4, -0.2) is 5.33 Å². The zero-order valence-electron chi connectivity index (χ0n) is 11.0. The highest BCUT2D eigenvalue weighted by Gasteiger charge is 2.33. The zero-order valence-corrected chi connectivity index (χ0v) is 12.6. The Kier molecular flexibility index (Phi) is 4.38. The summed E-state index contributed by atoms with van der Waals surface area (Å²) in [6.45, 7) is 4.90. The third-order valence-corrected chi connectivity index (χ3v) is 6.08. The Morgan fingerprint density at radius 1 is 0.875 bits per heavy atom. The summed E-state index contributed by atoms with van der Waals surface area (Å²) in [7, 11) is 0. The zero-order chi connectivity index (χ0) is 11.6. The predicted molar refractivity (Wildman–Crippen MR) is 75.0 cm³/mol. The largest absolute Gasteiger partial charge is 0.0925 e. The first-order chi connectivity index (χ1) is 7.61. The molecule has 0 radical (unpaired) electrons. The fourth-order valence-corrected chi connectivity index (χ4v) is 4.35. The molecule has 2 rings (SSSR count). The highest BCUT2D eigenvalue weighted by Crippen LogP contribution is 2.45. The van der Waals surface area contributed by atoms with Crippen molar-refractivity contribution >= 4 is 15.9 Å². The van der Waals surface area contributed by atoms with Crippen molar-refractivity contribution in [1.29, 1.82) is 0 Å². The molecule has 0 atom stereocenters. The fourth-order valence-electron chi connectivity index (χ4n) is 3.71. The van der Waals surface area contributed by atoms with E-state index in [2.05, 4.69) is 29.8 Å². The van der Waals surface area contributed by atoms with E-state index in [0.29, 0.717) is 5.41 Å². The standard InChI is InChI=1S/C15H27Br/c1-15(2)9-7-14(8-10-15)13-5-3-12(11-16)4-6-13/h12-14H,3-11H2,1-2H3. The first kappa shape index (κ1) is 12.9. The maximum atomic E-state index is 3.64. The molecule has 94 valence electrons. The van der Waals surface area contributed by atoms with Crippen molar-refractivity contribution in [2.45, 2.75) is 65.2 Å². The Bertz CT molecular complexity index is 203. The normalized spacial score (nSPS) is 36.2. The molecule has 0 aromatic carbocycles. The van der Waals surface area contributed by atoms with E-state index >= 15 is 0 Å². The first-order valence-corrected chi connectivity index (χ1v) is 8.29. The average molecular weight is 287 g/mol. The Morgan fingerprint density at radius 3 is 1.88 bits per heavy atom. The molecular weight excluding hydrogens is 260 g/mol. The van der Waals surface area contributed by atoms with Gasteiger partial charge in [0.2, 0.25) is 0 Å². The van der Waals surface area contributed by atoms with Crippen molar-refractivity contribution < 1.29 is 0 Å². The molecule has 0 unspecified atom stereocenters. The number of halogens is 1. The van der Waals surface area contributed by atoms with Gasteiger partial charge in [-0.3, -0.25) is 0 Å². The van der Waals surface area contributed by atoms with Gasteiger partial charge in [0.25, 0.3) is 0 Å². The van der Waals surface area contributed by atoms with Crippen LogP contribution in [0.4, 0.5) is 0 Å². The number of hydrogen-bond acceptors (Lipinski definition) is 0. The van der Waals surface area contributed by atoms with Crippen LogP contribution in [0, 0.1) is 23.2 Å². The lowest BCUT2D eigenvalue weighted by atomic mass is 9.66. The van der Waals surface area contributed by atoms with Gasteiger partial charge in [0.15, 0.2) is 0 Å². The molecule has 0 amide bonds. The molecular formula is C15H27Br. The van der Waals surface area contributed by atoms with E-state index in [0.717, 1.165) is 17.8 Å². The highest BCUT2D eigenvalue weighted by atomic mass is 79.9. The molecule has 2 fully saturated rings. The number of rotatable bonds is 2. The minimum Gasteiger partial charge on any atom is -0.0925 e. The molecule has 0 spiro atoms. The third-order valence-electron chi connectivity index (χ3n) is 5.16. The van der Waals surface area contributed by atoms with E-state index in [4.69, 9.17) is 0 Å². The molecule has 2 aliphatic carbocycles. The number of alkyl halides is 1. The summed E-state index contributed by atoms with van der Waals surface area (Å²) in [6.07, 6.45) is 12.0. The van der Waals surface area contributed by atoms with Gasteiger partial charge >= 0.3 is 0 Å². The monoisotopic (exact) mass is 286 g/mol. The Labute approximate surface area is 110 Å². The van der Waals surface area contributed by atoms with Gasteiger partial charge < -0.3 is 0 Å². The second-order valence-electron chi connectivity index (χ2n) is 6.94. The summed E-state index contributed by atoms with van der Waals surface area (Å²) in [5.41, 5.74) is 0.642. The van der Waals surface area contributed by atoms with Crippen LogP contribution in [0.25, 0.3) is 0 Å². The van der Waals surface area contributed by atoms with Gasteiger partial charge in [0.05, 0.1) is 0 Å². The molecule has 2 aliphatic rings. The molecule has 0 nitrogen and oxygen atoms in total. The van der Waals surface area contributed by atoms with Crippen molar-refractivity contribution in [3.63, 3.8) is 0 Å². The van der Waals surface area contributed by atoms with Gasteiger partial charge in [-0.2, -0.15) is 0 Å². The smallest absolute Gasteiger partial charge is 0.00596 e. The van der Waals surface area contributed by atoms with Crippen LogP contribution in [0.5, 0.6) is 0 Å². The van der Waals surface area contributed by atoms with Crippen LogP contribution in [0.1, 0.15) is 65.2 Å². The summed E-state index contributed by atoms with van der Waals surface area (Å²) < 4.78 is 0. The van der Waals surface area contributed by atoms with Gasteiger partial charge in [-0.1, -0.05) is 29.8 Å². The Hall–Kier alpha value is 0.480. The van der Waals surface area contributed by atoms with Gasteiger partial charge in [-0.05, 0) is 74.5 Å². The molecule has 0 heterocycles. The maximum Gasteiger partial charge on any atom is 0.00596 e. The predicted octanol–water partition coefficient (Wildman–Crippen LogP) is 5.40. The second kappa shape index (κ2) is 5.42. The summed E-state index contributed by atoms with van der Waals surface area (Å²) in [4.78, 5) is 0. The van der Waals surface area contributed by atoms with Crippen LogP contribution < -0.4 is 0 Å².